The molecular weight excluding hydrogens is 392 g/mol. The lowest BCUT2D eigenvalue weighted by molar-refractivity contribution is -0.116. The Labute approximate surface area is 170 Å². The van der Waals surface area contributed by atoms with E-state index in [2.05, 4.69) is 0 Å². The van der Waals surface area contributed by atoms with Gasteiger partial charge >= 0.3 is 0 Å². The fraction of sp³-hybridized carbons (Fsp3) is 0.381. The van der Waals surface area contributed by atoms with Crippen molar-refractivity contribution < 1.29 is 22.7 Å². The summed E-state index contributed by atoms with van der Waals surface area (Å²) in [4.78, 5) is 13.7. The number of anilines is 1. The second kappa shape index (κ2) is 7.35. The van der Waals surface area contributed by atoms with E-state index in [0.29, 0.717) is 37.4 Å². The molecule has 4 rings (SSSR count). The van der Waals surface area contributed by atoms with E-state index in [9.17, 15) is 13.2 Å². The van der Waals surface area contributed by atoms with Crippen LogP contribution < -0.4 is 14.4 Å². The van der Waals surface area contributed by atoms with Crippen molar-refractivity contribution in [1.29, 1.82) is 0 Å². The normalized spacial score (nSPS) is 16.3. The first-order valence-electron chi connectivity index (χ1n) is 9.50. The van der Waals surface area contributed by atoms with Crippen LogP contribution in [-0.2, 0) is 34.2 Å². The first-order chi connectivity index (χ1) is 13.8. The molecular formula is C21H24N2O5S. The van der Waals surface area contributed by atoms with Crippen LogP contribution in [-0.4, -0.2) is 45.9 Å². The van der Waals surface area contributed by atoms with Crippen LogP contribution in [0.25, 0.3) is 0 Å². The molecule has 0 saturated carbocycles. The summed E-state index contributed by atoms with van der Waals surface area (Å²) < 4.78 is 38.8. The second-order valence-electron chi connectivity index (χ2n) is 7.28. The van der Waals surface area contributed by atoms with E-state index in [4.69, 9.17) is 9.47 Å². The first kappa shape index (κ1) is 19.7. The highest BCUT2D eigenvalue weighted by Crippen LogP contribution is 2.36. The van der Waals surface area contributed by atoms with E-state index in [0.717, 1.165) is 22.4 Å². The molecule has 154 valence electrons. The zero-order valence-corrected chi connectivity index (χ0v) is 17.6. The van der Waals surface area contributed by atoms with Crippen molar-refractivity contribution in [2.24, 2.45) is 0 Å². The molecule has 2 heterocycles. The lowest BCUT2D eigenvalue weighted by atomic mass is 10.0. The molecule has 7 nitrogen and oxygen atoms in total. The van der Waals surface area contributed by atoms with Gasteiger partial charge in [0.2, 0.25) is 15.9 Å². The summed E-state index contributed by atoms with van der Waals surface area (Å²) in [6.45, 7) is 2.80. The quantitative estimate of drug-likeness (QED) is 0.765. The fourth-order valence-corrected chi connectivity index (χ4v) is 5.55. The lowest BCUT2D eigenvalue weighted by Crippen LogP contribution is -2.36. The smallest absolute Gasteiger partial charge is 0.243 e. The Morgan fingerprint density at radius 2 is 1.59 bits per heavy atom. The number of sulfonamides is 1. The molecule has 0 unspecified atom stereocenters. The number of methoxy groups -OCH3 is 2. The minimum absolute atomic E-state index is 0.0311. The molecule has 0 spiro atoms. The molecule has 0 aliphatic carbocycles. The van der Waals surface area contributed by atoms with Crippen LogP contribution in [0.2, 0.25) is 0 Å². The van der Waals surface area contributed by atoms with Gasteiger partial charge in [-0.1, -0.05) is 0 Å². The molecule has 2 aromatic rings. The van der Waals surface area contributed by atoms with Gasteiger partial charge in [0.15, 0.2) is 11.5 Å². The third kappa shape index (κ3) is 3.36. The van der Waals surface area contributed by atoms with E-state index in [-0.39, 0.29) is 17.3 Å². The molecule has 0 aromatic heterocycles. The number of carbonyl (C=O) groups is 1. The fourth-order valence-electron chi connectivity index (χ4n) is 4.08. The summed E-state index contributed by atoms with van der Waals surface area (Å²) >= 11 is 0. The van der Waals surface area contributed by atoms with Crippen molar-refractivity contribution in [3.8, 4) is 11.5 Å². The average molecular weight is 416 g/mol. The molecule has 0 N–H and O–H groups in total. The number of hydrogen-bond donors (Lipinski definition) is 0. The van der Waals surface area contributed by atoms with Gasteiger partial charge < -0.3 is 14.4 Å². The predicted molar refractivity (Wildman–Crippen MR) is 109 cm³/mol. The van der Waals surface area contributed by atoms with Crippen LogP contribution in [0.1, 0.15) is 23.6 Å². The maximum atomic E-state index is 13.3. The minimum Gasteiger partial charge on any atom is -0.493 e. The van der Waals surface area contributed by atoms with Crippen molar-refractivity contribution in [2.75, 3.05) is 32.2 Å². The molecule has 2 aliphatic heterocycles. The number of rotatable bonds is 4. The Morgan fingerprint density at radius 3 is 2.24 bits per heavy atom. The van der Waals surface area contributed by atoms with Crippen LogP contribution in [0.15, 0.2) is 35.2 Å². The zero-order valence-electron chi connectivity index (χ0n) is 16.8. The predicted octanol–water partition coefficient (Wildman–Crippen LogP) is 2.36. The van der Waals surface area contributed by atoms with Gasteiger partial charge in [0, 0.05) is 32.2 Å². The van der Waals surface area contributed by atoms with Crippen LogP contribution >= 0.6 is 0 Å². The van der Waals surface area contributed by atoms with Gasteiger partial charge in [0.1, 0.15) is 0 Å². The van der Waals surface area contributed by atoms with Gasteiger partial charge in [0.05, 0.1) is 19.1 Å². The van der Waals surface area contributed by atoms with Gasteiger partial charge in [0.25, 0.3) is 0 Å². The summed E-state index contributed by atoms with van der Waals surface area (Å²) in [6, 6.07) is 8.81. The van der Waals surface area contributed by atoms with Crippen LogP contribution in [0, 0.1) is 0 Å². The number of hydrogen-bond acceptors (Lipinski definition) is 5. The van der Waals surface area contributed by atoms with E-state index >= 15 is 0 Å². The maximum Gasteiger partial charge on any atom is 0.243 e. The Hall–Kier alpha value is -2.58. The Balaban J connectivity index is 1.63. The number of ether oxygens (including phenoxy) is 2. The highest BCUT2D eigenvalue weighted by molar-refractivity contribution is 7.89. The molecule has 1 amide bonds. The summed E-state index contributed by atoms with van der Waals surface area (Å²) in [5, 5.41) is 0. The Bertz CT molecular complexity index is 1080. The molecule has 2 aliphatic rings. The number of benzene rings is 2. The molecule has 2 aromatic carbocycles. The van der Waals surface area contributed by atoms with Gasteiger partial charge in [-0.15, -0.1) is 0 Å². The number of amides is 1. The van der Waals surface area contributed by atoms with E-state index in [1.54, 1.807) is 37.3 Å². The third-order valence-electron chi connectivity index (χ3n) is 5.65. The number of carbonyl (C=O) groups excluding carboxylic acids is 1. The van der Waals surface area contributed by atoms with Crippen LogP contribution in [0.5, 0.6) is 11.5 Å². The summed E-state index contributed by atoms with van der Waals surface area (Å²) in [6.07, 6.45) is 1.27. The van der Waals surface area contributed by atoms with Crippen molar-refractivity contribution in [3.05, 3.63) is 47.0 Å². The van der Waals surface area contributed by atoms with Crippen LogP contribution in [0.3, 0.4) is 0 Å². The van der Waals surface area contributed by atoms with Gasteiger partial charge in [-0.25, -0.2) is 8.42 Å². The number of fused-ring (bicyclic) bond motifs is 2. The largest absolute Gasteiger partial charge is 0.493 e. The Morgan fingerprint density at radius 1 is 0.931 bits per heavy atom. The van der Waals surface area contributed by atoms with Crippen molar-refractivity contribution in [2.45, 2.75) is 31.2 Å². The molecule has 8 heteroatoms. The standard InChI is InChI=1S/C21H24N2O5S/c1-14(24)23-9-7-16-10-18(4-5-19(16)23)29(25,26)22-8-6-15-11-20(27-2)21(28-3)12-17(15)13-22/h4-5,10-12H,6-9,13H2,1-3H3. The average Bonchev–Trinajstić information content (AvgIpc) is 3.15. The topological polar surface area (TPSA) is 76.2 Å². The molecule has 0 atom stereocenters. The molecule has 0 radical (unpaired) electrons. The minimum atomic E-state index is -3.64. The van der Waals surface area contributed by atoms with E-state index in [1.165, 1.54) is 11.2 Å². The molecule has 0 bridgehead atoms. The maximum absolute atomic E-state index is 13.3. The van der Waals surface area contributed by atoms with E-state index in [1.807, 2.05) is 12.1 Å². The van der Waals surface area contributed by atoms with Crippen molar-refractivity contribution >= 4 is 21.6 Å². The SMILES string of the molecule is COc1cc2c(cc1OC)CN(S(=O)(=O)c1ccc3c(c1)CCN3C(C)=O)CC2. The highest BCUT2D eigenvalue weighted by atomic mass is 32.2. The van der Waals surface area contributed by atoms with Crippen LogP contribution in [0.4, 0.5) is 5.69 Å². The monoisotopic (exact) mass is 416 g/mol. The summed E-state index contributed by atoms with van der Waals surface area (Å²) in [5.74, 6) is 1.21. The van der Waals surface area contributed by atoms with E-state index < -0.39 is 10.0 Å². The van der Waals surface area contributed by atoms with Crippen molar-refractivity contribution in [3.63, 3.8) is 0 Å². The molecule has 0 fully saturated rings. The number of nitrogens with zero attached hydrogens (tertiary/aromatic N) is 2. The summed E-state index contributed by atoms with van der Waals surface area (Å²) in [5.41, 5.74) is 3.68. The highest BCUT2D eigenvalue weighted by Gasteiger charge is 2.31. The summed E-state index contributed by atoms with van der Waals surface area (Å²) in [7, 11) is -0.487. The molecule has 29 heavy (non-hydrogen) atoms. The zero-order chi connectivity index (χ0) is 20.8. The Kier molecular flexibility index (Phi) is 5.00. The second-order valence-corrected chi connectivity index (χ2v) is 9.21. The van der Waals surface area contributed by atoms with Gasteiger partial charge in [-0.3, -0.25) is 4.79 Å². The first-order valence-corrected chi connectivity index (χ1v) is 10.9. The van der Waals surface area contributed by atoms with Crippen molar-refractivity contribution in [1.82, 2.24) is 4.31 Å². The van der Waals surface area contributed by atoms with Gasteiger partial charge in [-0.05, 0) is 59.9 Å². The molecule has 0 saturated heterocycles. The third-order valence-corrected chi connectivity index (χ3v) is 7.49. The lowest BCUT2D eigenvalue weighted by Gasteiger charge is -2.29. The van der Waals surface area contributed by atoms with Gasteiger partial charge in [-0.2, -0.15) is 4.31 Å².